The number of rotatable bonds is 4. The van der Waals surface area contributed by atoms with Crippen LogP contribution in [-0.4, -0.2) is 67.6 Å². The van der Waals surface area contributed by atoms with E-state index in [1.54, 1.807) is 0 Å². The third kappa shape index (κ3) is 5.35. The van der Waals surface area contributed by atoms with Crippen molar-refractivity contribution in [2.45, 2.75) is 59.4 Å². The summed E-state index contributed by atoms with van der Waals surface area (Å²) >= 11 is 0. The highest BCUT2D eigenvalue weighted by Crippen LogP contribution is 2.61. The number of fused-ring (bicyclic) bond motifs is 1. The summed E-state index contributed by atoms with van der Waals surface area (Å²) in [5.74, 6) is 0.417. The smallest absolute Gasteiger partial charge is 0.317 e. The molecule has 1 saturated heterocycles. The van der Waals surface area contributed by atoms with Crippen LogP contribution in [0.25, 0.3) is 0 Å². The predicted octanol–water partition coefficient (Wildman–Crippen LogP) is 4.37. The van der Waals surface area contributed by atoms with E-state index in [9.17, 15) is 14.0 Å². The number of hydrogen-bond acceptors (Lipinski definition) is 3. The van der Waals surface area contributed by atoms with Gasteiger partial charge in [0, 0.05) is 44.3 Å². The lowest BCUT2D eigenvalue weighted by molar-refractivity contribution is -0.102. The number of urea groups is 1. The van der Waals surface area contributed by atoms with E-state index >= 15 is 0 Å². The zero-order valence-corrected chi connectivity index (χ0v) is 22.1. The van der Waals surface area contributed by atoms with Gasteiger partial charge in [-0.25, -0.2) is 9.18 Å². The maximum Gasteiger partial charge on any atom is 0.317 e. The monoisotopic (exact) mass is 486 g/mol. The Kier molecular flexibility index (Phi) is 7.46. The number of carbonyl (C=O) groups excluding carboxylic acids is 2. The van der Waals surface area contributed by atoms with Crippen LogP contribution in [0.5, 0.6) is 0 Å². The Bertz CT molecular complexity index is 912. The van der Waals surface area contributed by atoms with Crippen molar-refractivity contribution in [3.8, 4) is 0 Å². The van der Waals surface area contributed by atoms with Crippen molar-refractivity contribution in [2.24, 2.45) is 28.6 Å². The largest absolute Gasteiger partial charge is 0.352 e. The molecule has 0 radical (unpaired) electrons. The van der Waals surface area contributed by atoms with Crippen LogP contribution in [0, 0.1) is 34.4 Å². The molecule has 1 aliphatic heterocycles. The quantitative estimate of drug-likeness (QED) is 0.664. The molecule has 194 valence electrons. The molecule has 1 aromatic carbocycles. The summed E-state index contributed by atoms with van der Waals surface area (Å²) < 4.78 is 13.3. The highest BCUT2D eigenvalue weighted by Gasteiger charge is 2.56. The van der Waals surface area contributed by atoms with Crippen LogP contribution in [0.3, 0.4) is 0 Å². The second-order valence-corrected chi connectivity index (χ2v) is 12.2. The number of nitrogens with one attached hydrogen (secondary N) is 2. The van der Waals surface area contributed by atoms with Crippen LogP contribution in [0.2, 0.25) is 0 Å². The number of piperazine rings is 1. The molecule has 7 heteroatoms. The van der Waals surface area contributed by atoms with Crippen molar-refractivity contribution >= 4 is 11.9 Å². The lowest BCUT2D eigenvalue weighted by atomic mass is 9.45. The van der Waals surface area contributed by atoms with Crippen LogP contribution >= 0.6 is 0 Å². The normalized spacial score (nSPS) is 33.0. The third-order valence-corrected chi connectivity index (χ3v) is 9.57. The second-order valence-electron chi connectivity index (χ2n) is 12.2. The molecule has 3 fully saturated rings. The molecular formula is C28H43FN4O2. The van der Waals surface area contributed by atoms with E-state index in [2.05, 4.69) is 50.3 Å². The van der Waals surface area contributed by atoms with Crippen molar-refractivity contribution < 1.29 is 14.0 Å². The van der Waals surface area contributed by atoms with Gasteiger partial charge in [-0.05, 0) is 79.2 Å². The standard InChI is InChI=1S/C28H43FN4O2/c1-19-22(18-30-25(34)20-7-9-21(29)10-8-20)28(4)12-6-11-27(2,3)24(28)17-23(19)31-26(35)33-15-13-32(5)14-16-33/h7-10,19,22-24H,6,11-18H2,1-5H3,(H,30,34)(H,31,35)/t19-,22+,23-,24?,28-/m1/s1. The summed E-state index contributed by atoms with van der Waals surface area (Å²) in [5, 5.41) is 6.57. The van der Waals surface area contributed by atoms with Gasteiger partial charge in [-0.2, -0.15) is 0 Å². The first kappa shape index (κ1) is 25.9. The van der Waals surface area contributed by atoms with Gasteiger partial charge in [-0.15, -0.1) is 0 Å². The molecule has 1 unspecified atom stereocenters. The van der Waals surface area contributed by atoms with E-state index in [-0.39, 0.29) is 46.5 Å². The summed E-state index contributed by atoms with van der Waals surface area (Å²) in [4.78, 5) is 30.3. The van der Waals surface area contributed by atoms with E-state index < -0.39 is 0 Å². The van der Waals surface area contributed by atoms with Gasteiger partial charge >= 0.3 is 6.03 Å². The van der Waals surface area contributed by atoms with E-state index in [0.29, 0.717) is 18.0 Å². The number of carbonyl (C=O) groups is 2. The molecule has 35 heavy (non-hydrogen) atoms. The average molecular weight is 487 g/mol. The van der Waals surface area contributed by atoms with E-state index in [1.165, 1.54) is 37.1 Å². The first-order valence-corrected chi connectivity index (χ1v) is 13.3. The van der Waals surface area contributed by atoms with Gasteiger partial charge in [0.25, 0.3) is 5.91 Å². The minimum atomic E-state index is -0.346. The molecule has 4 rings (SSSR count). The highest BCUT2D eigenvalue weighted by atomic mass is 19.1. The van der Waals surface area contributed by atoms with Gasteiger partial charge in [0.2, 0.25) is 0 Å². The van der Waals surface area contributed by atoms with Crippen LogP contribution < -0.4 is 10.6 Å². The van der Waals surface area contributed by atoms with E-state index in [1.807, 2.05) is 4.90 Å². The minimum absolute atomic E-state index is 0.0428. The van der Waals surface area contributed by atoms with E-state index in [4.69, 9.17) is 0 Å². The van der Waals surface area contributed by atoms with Gasteiger partial charge in [0.15, 0.2) is 0 Å². The fourth-order valence-electron chi connectivity index (χ4n) is 7.32. The molecule has 3 amide bonds. The highest BCUT2D eigenvalue weighted by molar-refractivity contribution is 5.94. The topological polar surface area (TPSA) is 64.7 Å². The zero-order chi connectivity index (χ0) is 25.4. The molecule has 0 bridgehead atoms. The lowest BCUT2D eigenvalue weighted by Gasteiger charge is -2.61. The number of likely N-dealkylation sites (N-methyl/N-ethyl adjacent to an activating group) is 1. The lowest BCUT2D eigenvalue weighted by Crippen LogP contribution is -2.62. The zero-order valence-electron chi connectivity index (χ0n) is 22.1. The average Bonchev–Trinajstić information content (AvgIpc) is 2.80. The molecule has 2 saturated carbocycles. The van der Waals surface area contributed by atoms with Gasteiger partial charge in [0.1, 0.15) is 5.82 Å². The number of halogens is 1. The number of hydrogen-bond donors (Lipinski definition) is 2. The van der Waals surface area contributed by atoms with Crippen molar-refractivity contribution in [1.29, 1.82) is 0 Å². The molecule has 3 aliphatic rings. The van der Waals surface area contributed by atoms with Crippen molar-refractivity contribution in [1.82, 2.24) is 20.4 Å². The van der Waals surface area contributed by atoms with Crippen molar-refractivity contribution in [3.63, 3.8) is 0 Å². The Labute approximate surface area is 210 Å². The maximum absolute atomic E-state index is 13.3. The fourth-order valence-corrected chi connectivity index (χ4v) is 7.32. The Morgan fingerprint density at radius 3 is 2.37 bits per heavy atom. The Balaban J connectivity index is 1.52. The molecule has 6 nitrogen and oxygen atoms in total. The van der Waals surface area contributed by atoms with Crippen LogP contribution in [0.1, 0.15) is 63.7 Å². The van der Waals surface area contributed by atoms with Crippen LogP contribution in [0.4, 0.5) is 9.18 Å². The van der Waals surface area contributed by atoms with Crippen molar-refractivity contribution in [3.05, 3.63) is 35.6 Å². The summed E-state index contributed by atoms with van der Waals surface area (Å²) in [5.41, 5.74) is 0.746. The molecule has 2 N–H and O–H groups in total. The predicted molar refractivity (Wildman–Crippen MR) is 137 cm³/mol. The number of amides is 3. The van der Waals surface area contributed by atoms with Crippen LogP contribution in [0.15, 0.2) is 24.3 Å². The molecule has 0 spiro atoms. The fraction of sp³-hybridized carbons (Fsp3) is 0.714. The Morgan fingerprint density at radius 1 is 1.06 bits per heavy atom. The van der Waals surface area contributed by atoms with Crippen LogP contribution in [-0.2, 0) is 0 Å². The first-order chi connectivity index (χ1) is 16.5. The van der Waals surface area contributed by atoms with Gasteiger partial charge in [0.05, 0.1) is 0 Å². The van der Waals surface area contributed by atoms with Gasteiger partial charge in [-0.3, -0.25) is 4.79 Å². The summed E-state index contributed by atoms with van der Waals surface area (Å²) in [6.45, 7) is 13.3. The SMILES string of the molecule is C[C@H]1[C@H](NC(=O)N2CCN(C)CC2)CC2C(C)(C)CCC[C@]2(C)[C@H]1CNC(=O)c1ccc(F)cc1. The molecule has 1 heterocycles. The Hall–Kier alpha value is -2.15. The first-order valence-electron chi connectivity index (χ1n) is 13.3. The maximum atomic E-state index is 13.3. The second kappa shape index (κ2) is 10.1. The summed E-state index contributed by atoms with van der Waals surface area (Å²) in [7, 11) is 2.09. The summed E-state index contributed by atoms with van der Waals surface area (Å²) in [6, 6.07) is 5.82. The number of benzene rings is 1. The Morgan fingerprint density at radius 2 is 1.71 bits per heavy atom. The molecule has 0 aromatic heterocycles. The van der Waals surface area contributed by atoms with Crippen molar-refractivity contribution in [2.75, 3.05) is 39.8 Å². The minimum Gasteiger partial charge on any atom is -0.352 e. The number of nitrogens with zero attached hydrogens (tertiary/aromatic N) is 2. The van der Waals surface area contributed by atoms with Gasteiger partial charge in [-0.1, -0.05) is 34.1 Å². The molecular weight excluding hydrogens is 443 g/mol. The molecule has 2 aliphatic carbocycles. The summed E-state index contributed by atoms with van der Waals surface area (Å²) in [6.07, 6.45) is 4.50. The molecule has 5 atom stereocenters. The molecule has 1 aromatic rings. The third-order valence-electron chi connectivity index (χ3n) is 9.57. The van der Waals surface area contributed by atoms with Gasteiger partial charge < -0.3 is 20.4 Å². The van der Waals surface area contributed by atoms with E-state index in [0.717, 1.165) is 39.0 Å².